The Morgan fingerprint density at radius 1 is 1.19 bits per heavy atom. The summed E-state index contributed by atoms with van der Waals surface area (Å²) in [6.45, 7) is 3.82. The Kier molecular flexibility index (Phi) is 5.32. The predicted molar refractivity (Wildman–Crippen MR) is 107 cm³/mol. The highest BCUT2D eigenvalue weighted by molar-refractivity contribution is 7.92. The summed E-state index contributed by atoms with van der Waals surface area (Å²) in [5.74, 6) is -0.0631. The molecule has 0 bridgehead atoms. The second kappa shape index (κ2) is 7.52. The normalized spacial score (nSPS) is 16.9. The smallest absolute Gasteiger partial charge is 0.242 e. The molecular formula is C20H23N3O3S. The van der Waals surface area contributed by atoms with E-state index in [-0.39, 0.29) is 11.9 Å². The van der Waals surface area contributed by atoms with Crippen LogP contribution < -0.4 is 4.72 Å². The fourth-order valence-corrected chi connectivity index (χ4v) is 3.87. The van der Waals surface area contributed by atoms with Crippen molar-refractivity contribution in [3.05, 3.63) is 65.2 Å². The van der Waals surface area contributed by atoms with Crippen molar-refractivity contribution in [1.82, 2.24) is 5.01 Å². The van der Waals surface area contributed by atoms with Gasteiger partial charge >= 0.3 is 0 Å². The van der Waals surface area contributed by atoms with Crippen LogP contribution in [0.1, 0.15) is 42.5 Å². The predicted octanol–water partition coefficient (Wildman–Crippen LogP) is 3.45. The van der Waals surface area contributed by atoms with Crippen molar-refractivity contribution in [2.75, 3.05) is 11.0 Å². The second-order valence-electron chi connectivity index (χ2n) is 6.63. The third-order valence-corrected chi connectivity index (χ3v) is 5.14. The maximum Gasteiger partial charge on any atom is 0.242 e. The van der Waals surface area contributed by atoms with Crippen molar-refractivity contribution in [3.63, 3.8) is 0 Å². The Bertz CT molecular complexity index is 999. The van der Waals surface area contributed by atoms with E-state index < -0.39 is 10.0 Å². The number of amides is 1. The summed E-state index contributed by atoms with van der Waals surface area (Å²) in [5.41, 5.74) is 3.99. The first-order chi connectivity index (χ1) is 12.8. The number of carbonyl (C=O) groups excluding carboxylic acids is 1. The van der Waals surface area contributed by atoms with E-state index in [4.69, 9.17) is 0 Å². The highest BCUT2D eigenvalue weighted by Gasteiger charge is 2.33. The zero-order chi connectivity index (χ0) is 19.6. The Morgan fingerprint density at radius 3 is 2.52 bits per heavy atom. The molecule has 0 radical (unpaired) electrons. The van der Waals surface area contributed by atoms with E-state index in [0.29, 0.717) is 29.8 Å². The lowest BCUT2D eigenvalue weighted by molar-refractivity contribution is -0.132. The molecule has 142 valence electrons. The summed E-state index contributed by atoms with van der Waals surface area (Å²) in [6.07, 6.45) is 1.99. The molecule has 0 unspecified atom stereocenters. The van der Waals surface area contributed by atoms with Crippen molar-refractivity contribution in [2.45, 2.75) is 32.7 Å². The standard InChI is InChI=1S/C20H23N3O3S/c1-4-20(24)23-19(15-10-6-5-9-14(15)2)13-18(21-23)16-11-7-8-12-17(16)22-27(3,25)26/h5-12,19,22H,4,13H2,1-3H3/t19-/m1/s1. The van der Waals surface area contributed by atoms with Gasteiger partial charge in [-0.2, -0.15) is 5.10 Å². The number of hydrogen-bond donors (Lipinski definition) is 1. The molecule has 3 rings (SSSR count). The molecule has 27 heavy (non-hydrogen) atoms. The number of carbonyl (C=O) groups is 1. The van der Waals surface area contributed by atoms with Crippen LogP contribution in [0.5, 0.6) is 0 Å². The van der Waals surface area contributed by atoms with Gasteiger partial charge in [0.1, 0.15) is 0 Å². The van der Waals surface area contributed by atoms with Crippen LogP contribution in [0.4, 0.5) is 5.69 Å². The number of nitrogens with one attached hydrogen (secondary N) is 1. The van der Waals surface area contributed by atoms with Gasteiger partial charge in [-0.3, -0.25) is 9.52 Å². The number of hydrogen-bond acceptors (Lipinski definition) is 4. The number of sulfonamides is 1. The highest BCUT2D eigenvalue weighted by atomic mass is 32.2. The van der Waals surface area contributed by atoms with E-state index in [1.807, 2.05) is 50.2 Å². The number of anilines is 1. The highest BCUT2D eigenvalue weighted by Crippen LogP contribution is 2.36. The van der Waals surface area contributed by atoms with Crippen molar-refractivity contribution >= 4 is 27.3 Å². The number of para-hydroxylation sites is 1. The number of nitrogens with zero attached hydrogens (tertiary/aromatic N) is 2. The zero-order valence-corrected chi connectivity index (χ0v) is 16.5. The Balaban J connectivity index is 2.03. The minimum Gasteiger partial charge on any atom is -0.283 e. The van der Waals surface area contributed by atoms with Gasteiger partial charge in [0.25, 0.3) is 0 Å². The molecule has 1 aliphatic heterocycles. The molecule has 6 nitrogen and oxygen atoms in total. The third-order valence-electron chi connectivity index (χ3n) is 4.55. The third kappa shape index (κ3) is 4.19. The van der Waals surface area contributed by atoms with Crippen LogP contribution in [0.15, 0.2) is 53.6 Å². The Hall–Kier alpha value is -2.67. The lowest BCUT2D eigenvalue weighted by Crippen LogP contribution is -2.26. The van der Waals surface area contributed by atoms with Crippen LogP contribution in [0.3, 0.4) is 0 Å². The molecule has 0 aliphatic carbocycles. The molecule has 0 spiro atoms. The largest absolute Gasteiger partial charge is 0.283 e. The average Bonchev–Trinajstić information content (AvgIpc) is 3.05. The molecule has 0 saturated carbocycles. The summed E-state index contributed by atoms with van der Waals surface area (Å²) in [6, 6.07) is 14.9. The fraction of sp³-hybridized carbons (Fsp3) is 0.300. The van der Waals surface area contributed by atoms with Gasteiger partial charge in [-0.1, -0.05) is 49.4 Å². The SMILES string of the molecule is CCC(=O)N1N=C(c2ccccc2NS(C)(=O)=O)C[C@@H]1c1ccccc1C. The number of aryl methyl sites for hydroxylation is 1. The van der Waals surface area contributed by atoms with Crippen LogP contribution in [0, 0.1) is 6.92 Å². The summed E-state index contributed by atoms with van der Waals surface area (Å²) < 4.78 is 25.9. The lowest BCUT2D eigenvalue weighted by atomic mass is 9.94. The second-order valence-corrected chi connectivity index (χ2v) is 8.38. The number of hydrazone groups is 1. The average molecular weight is 385 g/mol. The molecule has 0 fully saturated rings. The molecule has 0 saturated heterocycles. The van der Waals surface area contributed by atoms with Gasteiger partial charge in [-0.15, -0.1) is 0 Å². The molecular weight excluding hydrogens is 362 g/mol. The Labute approximate surface area is 159 Å². The van der Waals surface area contributed by atoms with Crippen molar-refractivity contribution in [2.24, 2.45) is 5.10 Å². The van der Waals surface area contributed by atoms with E-state index in [1.165, 1.54) is 5.01 Å². The molecule has 2 aromatic carbocycles. The van der Waals surface area contributed by atoms with E-state index >= 15 is 0 Å². The summed E-state index contributed by atoms with van der Waals surface area (Å²) >= 11 is 0. The molecule has 0 aromatic heterocycles. The van der Waals surface area contributed by atoms with E-state index in [2.05, 4.69) is 9.82 Å². The fourth-order valence-electron chi connectivity index (χ4n) is 3.29. The van der Waals surface area contributed by atoms with Crippen molar-refractivity contribution in [1.29, 1.82) is 0 Å². The van der Waals surface area contributed by atoms with Gasteiger partial charge in [0.05, 0.1) is 23.7 Å². The molecule has 1 atom stereocenters. The van der Waals surface area contributed by atoms with Crippen molar-refractivity contribution < 1.29 is 13.2 Å². The van der Waals surface area contributed by atoms with Crippen LogP contribution >= 0.6 is 0 Å². The van der Waals surface area contributed by atoms with Crippen molar-refractivity contribution in [3.8, 4) is 0 Å². The number of rotatable bonds is 5. The molecule has 7 heteroatoms. The van der Waals surface area contributed by atoms with E-state index in [0.717, 1.165) is 17.4 Å². The van der Waals surface area contributed by atoms with Gasteiger partial charge in [-0.05, 0) is 24.1 Å². The molecule has 1 aliphatic rings. The van der Waals surface area contributed by atoms with Gasteiger partial charge in [0.15, 0.2) is 0 Å². The van der Waals surface area contributed by atoms with Crippen LogP contribution in [-0.2, 0) is 14.8 Å². The summed E-state index contributed by atoms with van der Waals surface area (Å²) in [5, 5.41) is 6.12. The summed E-state index contributed by atoms with van der Waals surface area (Å²) in [4.78, 5) is 12.5. The Morgan fingerprint density at radius 2 is 1.85 bits per heavy atom. The van der Waals surface area contributed by atoms with E-state index in [9.17, 15) is 13.2 Å². The van der Waals surface area contributed by atoms with Gasteiger partial charge in [0.2, 0.25) is 15.9 Å². The molecule has 2 aromatic rings. The first kappa shape index (κ1) is 19.1. The zero-order valence-electron chi connectivity index (χ0n) is 15.6. The monoisotopic (exact) mass is 385 g/mol. The minimum absolute atomic E-state index is 0.0631. The first-order valence-electron chi connectivity index (χ1n) is 8.82. The van der Waals surface area contributed by atoms with Crippen LogP contribution in [-0.4, -0.2) is 31.3 Å². The summed E-state index contributed by atoms with van der Waals surface area (Å²) in [7, 11) is -3.42. The quantitative estimate of drug-likeness (QED) is 0.856. The van der Waals surface area contributed by atoms with E-state index in [1.54, 1.807) is 12.1 Å². The topological polar surface area (TPSA) is 78.8 Å². The number of benzene rings is 2. The minimum atomic E-state index is -3.42. The lowest BCUT2D eigenvalue weighted by Gasteiger charge is -2.23. The first-order valence-corrected chi connectivity index (χ1v) is 10.7. The maximum absolute atomic E-state index is 12.5. The van der Waals surface area contributed by atoms with Gasteiger partial charge in [0, 0.05) is 18.4 Å². The molecule has 1 heterocycles. The van der Waals surface area contributed by atoms with Crippen LogP contribution in [0.25, 0.3) is 0 Å². The maximum atomic E-state index is 12.5. The van der Waals surface area contributed by atoms with Gasteiger partial charge in [-0.25, -0.2) is 13.4 Å². The molecule has 1 N–H and O–H groups in total. The van der Waals surface area contributed by atoms with Gasteiger partial charge < -0.3 is 0 Å². The molecule has 1 amide bonds. The van der Waals surface area contributed by atoms with Crippen LogP contribution in [0.2, 0.25) is 0 Å².